The molecule has 0 rings (SSSR count). The van der Waals surface area contributed by atoms with Crippen LogP contribution in [0.4, 0.5) is 13.2 Å². The van der Waals surface area contributed by atoms with E-state index in [1.165, 1.54) is 0 Å². The van der Waals surface area contributed by atoms with Crippen molar-refractivity contribution in [2.24, 2.45) is 0 Å². The van der Waals surface area contributed by atoms with Gasteiger partial charge in [0, 0.05) is 0 Å². The Labute approximate surface area is 83.1 Å². The molecule has 0 bridgehead atoms. The van der Waals surface area contributed by atoms with Crippen molar-refractivity contribution in [2.75, 3.05) is 13.3 Å². The molecule has 2 nitrogen and oxygen atoms in total. The molecule has 0 aliphatic rings. The average Bonchev–Trinajstić information content (AvgIpc) is 2.13. The van der Waals surface area contributed by atoms with Crippen LogP contribution >= 0.6 is 0 Å². The Morgan fingerprint density at radius 2 is 2.00 bits per heavy atom. The third kappa shape index (κ3) is 6.42. The molecule has 0 N–H and O–H groups in total. The molecule has 0 saturated heterocycles. The zero-order valence-electron chi connectivity index (χ0n) is 7.43. The van der Waals surface area contributed by atoms with Crippen LogP contribution in [-0.4, -0.2) is 45.8 Å². The van der Waals surface area contributed by atoms with Crippen molar-refractivity contribution in [3.63, 3.8) is 0 Å². The van der Waals surface area contributed by atoms with Crippen LogP contribution in [0.25, 0.3) is 0 Å². The van der Waals surface area contributed by atoms with Gasteiger partial charge in [0.15, 0.2) is 0 Å². The van der Waals surface area contributed by atoms with Crippen LogP contribution in [0.3, 0.4) is 0 Å². The van der Waals surface area contributed by atoms with E-state index >= 15 is 0 Å². The van der Waals surface area contributed by atoms with Gasteiger partial charge in [0.05, 0.1) is 0 Å². The van der Waals surface area contributed by atoms with Gasteiger partial charge in [-0.25, -0.2) is 0 Å². The van der Waals surface area contributed by atoms with Crippen molar-refractivity contribution in [2.45, 2.75) is 30.1 Å². The molecule has 6 heteroatoms. The van der Waals surface area contributed by atoms with Crippen molar-refractivity contribution in [1.29, 1.82) is 0 Å². The number of halogens is 3. The summed E-state index contributed by atoms with van der Waals surface area (Å²) in [6.45, 7) is 0.756. The van der Waals surface area contributed by atoms with Crippen molar-refractivity contribution in [1.82, 2.24) is 0 Å². The standard InChI is InChI=1S/C4H6F3.C3H7O.O.Sn/c1-3(6)4(7)2-5;1-2-3-4;;/h3-4H,1-2H2;2-3H2,1H3;;/q;-1;;+1. The second-order valence-electron chi connectivity index (χ2n) is 2.61. The molecular formula is C7H13F3O2Sn. The summed E-state index contributed by atoms with van der Waals surface area (Å²) in [5.74, 6) is 0. The van der Waals surface area contributed by atoms with Gasteiger partial charge in [-0.2, -0.15) is 0 Å². The summed E-state index contributed by atoms with van der Waals surface area (Å²) in [5.41, 5.74) is 0. The van der Waals surface area contributed by atoms with E-state index in [0.717, 1.165) is 0 Å². The Hall–Kier alpha value is 0.349. The monoisotopic (exact) mass is 306 g/mol. The van der Waals surface area contributed by atoms with Gasteiger partial charge < -0.3 is 0 Å². The number of alkyl halides is 3. The SMILES string of the molecule is CCC[O][Sn](=[O])[CH2]C(F)C(F)CF. The van der Waals surface area contributed by atoms with E-state index in [1.54, 1.807) is 0 Å². The van der Waals surface area contributed by atoms with E-state index in [0.29, 0.717) is 13.0 Å². The maximum absolute atomic E-state index is 12.6. The third-order valence-electron chi connectivity index (χ3n) is 1.37. The van der Waals surface area contributed by atoms with Gasteiger partial charge >= 0.3 is 82.9 Å². The first-order valence-corrected chi connectivity index (χ1v) is 8.46. The summed E-state index contributed by atoms with van der Waals surface area (Å²) in [4.78, 5) is 0. The molecular weight excluding hydrogens is 292 g/mol. The summed E-state index contributed by atoms with van der Waals surface area (Å²) >= 11 is -3.41. The molecule has 0 heterocycles. The van der Waals surface area contributed by atoms with E-state index in [1.807, 2.05) is 6.92 Å². The van der Waals surface area contributed by atoms with E-state index in [2.05, 4.69) is 0 Å². The van der Waals surface area contributed by atoms with Gasteiger partial charge in [-0.1, -0.05) is 0 Å². The number of hydrogen-bond donors (Lipinski definition) is 0. The number of rotatable bonds is 7. The summed E-state index contributed by atoms with van der Waals surface area (Å²) in [6, 6.07) is 0. The minimum absolute atomic E-state index is 0.303. The van der Waals surface area contributed by atoms with Crippen LogP contribution in [0.5, 0.6) is 0 Å². The zero-order chi connectivity index (χ0) is 10.3. The van der Waals surface area contributed by atoms with Gasteiger partial charge in [0.1, 0.15) is 0 Å². The normalized spacial score (nSPS) is 15.4. The van der Waals surface area contributed by atoms with Gasteiger partial charge in [0.25, 0.3) is 0 Å². The molecule has 0 aromatic heterocycles. The first-order chi connectivity index (χ1) is 6.11. The van der Waals surface area contributed by atoms with Gasteiger partial charge in [-0.3, -0.25) is 0 Å². The summed E-state index contributed by atoms with van der Waals surface area (Å²) in [5, 5.41) is 0. The van der Waals surface area contributed by atoms with E-state index in [9.17, 15) is 16.2 Å². The van der Waals surface area contributed by atoms with Crippen molar-refractivity contribution < 1.29 is 19.3 Å². The molecule has 0 radical (unpaired) electrons. The second-order valence-corrected chi connectivity index (χ2v) is 6.72. The Morgan fingerprint density at radius 3 is 2.46 bits per heavy atom. The molecule has 2 unspecified atom stereocenters. The number of hydrogen-bond acceptors (Lipinski definition) is 2. The molecule has 0 aromatic carbocycles. The van der Waals surface area contributed by atoms with Crippen molar-refractivity contribution in [3.05, 3.63) is 0 Å². The van der Waals surface area contributed by atoms with E-state index in [-0.39, 0.29) is 0 Å². The van der Waals surface area contributed by atoms with Gasteiger partial charge in [-0.15, -0.1) is 0 Å². The zero-order valence-corrected chi connectivity index (χ0v) is 10.3. The molecule has 78 valence electrons. The maximum atomic E-state index is 12.6. The Balaban J connectivity index is 3.64. The van der Waals surface area contributed by atoms with Crippen LogP contribution in [-0.2, 0) is 6.15 Å². The second kappa shape index (κ2) is 7.72. The molecule has 0 aliphatic carbocycles. The molecule has 0 fully saturated rings. The topological polar surface area (TPSA) is 26.3 Å². The molecule has 0 aliphatic heterocycles. The fourth-order valence-corrected chi connectivity index (χ4v) is 3.87. The third-order valence-corrected chi connectivity index (χ3v) is 4.93. The Kier molecular flexibility index (Phi) is 7.93. The Bertz CT molecular complexity index is 157. The van der Waals surface area contributed by atoms with Crippen molar-refractivity contribution in [3.8, 4) is 0 Å². The van der Waals surface area contributed by atoms with Crippen LogP contribution in [0.2, 0.25) is 4.44 Å². The minimum atomic E-state index is -3.41. The Morgan fingerprint density at radius 1 is 1.38 bits per heavy atom. The average molecular weight is 305 g/mol. The molecule has 2 atom stereocenters. The summed E-state index contributed by atoms with van der Waals surface area (Å²) < 4.78 is 51.8. The molecule has 0 spiro atoms. The van der Waals surface area contributed by atoms with E-state index < -0.39 is 43.6 Å². The van der Waals surface area contributed by atoms with Crippen LogP contribution in [0, 0.1) is 0 Å². The quantitative estimate of drug-likeness (QED) is 0.672. The summed E-state index contributed by atoms with van der Waals surface area (Å²) in [7, 11) is 0. The van der Waals surface area contributed by atoms with Gasteiger partial charge in [-0.05, 0) is 0 Å². The summed E-state index contributed by atoms with van der Waals surface area (Å²) in [6.07, 6.45) is -3.45. The van der Waals surface area contributed by atoms with Crippen LogP contribution < -0.4 is 0 Å². The predicted octanol–water partition coefficient (Wildman–Crippen LogP) is 1.98. The van der Waals surface area contributed by atoms with Crippen LogP contribution in [0.15, 0.2) is 0 Å². The predicted molar refractivity (Wildman–Crippen MR) is 43.3 cm³/mol. The molecule has 13 heavy (non-hydrogen) atoms. The van der Waals surface area contributed by atoms with Crippen molar-refractivity contribution >= 4 is 20.2 Å². The molecule has 0 aromatic rings. The fourth-order valence-electron chi connectivity index (χ4n) is 0.659. The fraction of sp³-hybridized carbons (Fsp3) is 1.00. The van der Waals surface area contributed by atoms with Gasteiger partial charge in [0.2, 0.25) is 0 Å². The molecule has 0 saturated carbocycles. The van der Waals surface area contributed by atoms with Crippen LogP contribution in [0.1, 0.15) is 13.3 Å². The first kappa shape index (κ1) is 13.3. The first-order valence-electron chi connectivity index (χ1n) is 4.11. The molecule has 0 amide bonds. The van der Waals surface area contributed by atoms with E-state index in [4.69, 9.17) is 3.07 Å².